The van der Waals surface area contributed by atoms with Crippen LogP contribution in [0, 0.1) is 5.92 Å². The Balaban J connectivity index is 0.00000289. The number of nitrogens with two attached hydrogens (primary N) is 1. The minimum atomic E-state index is -0.192. The maximum atomic E-state index is 11.5. The van der Waals surface area contributed by atoms with E-state index in [-0.39, 0.29) is 30.1 Å². The van der Waals surface area contributed by atoms with Crippen molar-refractivity contribution in [2.45, 2.75) is 6.92 Å². The van der Waals surface area contributed by atoms with Crippen molar-refractivity contribution in [2.24, 2.45) is 11.7 Å². The smallest absolute Gasteiger partial charge is 0.261 e. The van der Waals surface area contributed by atoms with Crippen LogP contribution in [0.5, 0.6) is 0 Å². The average Bonchev–Trinajstić information content (AvgIpc) is 2.86. The normalized spacial score (nSPS) is 11.2. The van der Waals surface area contributed by atoms with Gasteiger partial charge in [-0.05, 0) is 11.4 Å². The predicted molar refractivity (Wildman–Crippen MR) is 75.1 cm³/mol. The van der Waals surface area contributed by atoms with Crippen molar-refractivity contribution in [3.8, 4) is 0 Å². The highest BCUT2D eigenvalue weighted by molar-refractivity contribution is 7.12. The van der Waals surface area contributed by atoms with E-state index >= 15 is 0 Å². The van der Waals surface area contributed by atoms with Crippen molar-refractivity contribution < 1.29 is 9.59 Å². The van der Waals surface area contributed by atoms with Gasteiger partial charge in [0.05, 0.1) is 4.88 Å². The minimum absolute atomic E-state index is 0. The summed E-state index contributed by atoms with van der Waals surface area (Å²) in [6.45, 7) is 2.92. The SMILES string of the molecule is CC(CN)C(=O)NCCNC(=O)c1cccs1.Cl. The van der Waals surface area contributed by atoms with Crippen LogP contribution in [0.1, 0.15) is 16.6 Å². The van der Waals surface area contributed by atoms with Gasteiger partial charge >= 0.3 is 0 Å². The van der Waals surface area contributed by atoms with Gasteiger partial charge in [-0.25, -0.2) is 0 Å². The standard InChI is InChI=1S/C11H17N3O2S.ClH/c1-8(7-12)10(15)13-4-5-14-11(16)9-3-2-6-17-9;/h2-3,6,8H,4-5,7,12H2,1H3,(H,13,15)(H,14,16);1H. The number of hydrogen-bond acceptors (Lipinski definition) is 4. The number of nitrogens with one attached hydrogen (secondary N) is 2. The van der Waals surface area contributed by atoms with Crippen molar-refractivity contribution in [1.29, 1.82) is 0 Å². The molecule has 0 saturated heterocycles. The van der Waals surface area contributed by atoms with Crippen LogP contribution in [0.4, 0.5) is 0 Å². The lowest BCUT2D eigenvalue weighted by Crippen LogP contribution is -2.38. The Hall–Kier alpha value is -1.11. The van der Waals surface area contributed by atoms with Crippen molar-refractivity contribution in [3.63, 3.8) is 0 Å². The van der Waals surface area contributed by atoms with Gasteiger partial charge in [0.25, 0.3) is 5.91 Å². The second-order valence-electron chi connectivity index (χ2n) is 3.66. The van der Waals surface area contributed by atoms with Crippen LogP contribution in [0.3, 0.4) is 0 Å². The first-order chi connectivity index (χ1) is 8.15. The molecule has 2 amide bonds. The van der Waals surface area contributed by atoms with Crippen LogP contribution >= 0.6 is 23.7 Å². The van der Waals surface area contributed by atoms with E-state index in [1.165, 1.54) is 11.3 Å². The topological polar surface area (TPSA) is 84.2 Å². The number of halogens is 1. The highest BCUT2D eigenvalue weighted by Crippen LogP contribution is 2.07. The number of carbonyl (C=O) groups is 2. The number of thiophene rings is 1. The Labute approximate surface area is 117 Å². The van der Waals surface area contributed by atoms with Crippen molar-refractivity contribution in [2.75, 3.05) is 19.6 Å². The van der Waals surface area contributed by atoms with Crippen molar-refractivity contribution in [1.82, 2.24) is 10.6 Å². The first-order valence-corrected chi connectivity index (χ1v) is 6.32. The fourth-order valence-corrected chi connectivity index (χ4v) is 1.78. The molecular formula is C11H18ClN3O2S. The molecule has 5 nitrogen and oxygen atoms in total. The molecule has 4 N–H and O–H groups in total. The van der Waals surface area contributed by atoms with Gasteiger partial charge in [0.2, 0.25) is 5.91 Å². The van der Waals surface area contributed by atoms with Crippen LogP contribution in [0.15, 0.2) is 17.5 Å². The molecular weight excluding hydrogens is 274 g/mol. The van der Waals surface area contributed by atoms with E-state index < -0.39 is 0 Å². The Morgan fingerprint density at radius 2 is 2.06 bits per heavy atom. The van der Waals surface area contributed by atoms with E-state index in [1.54, 1.807) is 13.0 Å². The molecule has 102 valence electrons. The van der Waals surface area contributed by atoms with E-state index in [0.29, 0.717) is 24.5 Å². The molecule has 0 aliphatic rings. The summed E-state index contributed by atoms with van der Waals surface area (Å²) < 4.78 is 0. The third-order valence-corrected chi connectivity index (χ3v) is 3.12. The lowest BCUT2D eigenvalue weighted by molar-refractivity contribution is -0.124. The van der Waals surface area contributed by atoms with Crippen LogP contribution in [-0.4, -0.2) is 31.4 Å². The summed E-state index contributed by atoms with van der Waals surface area (Å²) in [6, 6.07) is 3.58. The molecule has 1 rings (SSSR count). The monoisotopic (exact) mass is 291 g/mol. The Kier molecular flexibility index (Phi) is 8.36. The lowest BCUT2D eigenvalue weighted by Gasteiger charge is -2.10. The Bertz CT molecular complexity index is 370. The van der Waals surface area contributed by atoms with Crippen molar-refractivity contribution in [3.05, 3.63) is 22.4 Å². The summed E-state index contributed by atoms with van der Waals surface area (Å²) in [5, 5.41) is 7.27. The van der Waals surface area contributed by atoms with Crippen molar-refractivity contribution >= 4 is 35.6 Å². The molecule has 1 aromatic rings. The summed E-state index contributed by atoms with van der Waals surface area (Å²) >= 11 is 1.39. The highest BCUT2D eigenvalue weighted by atomic mass is 35.5. The van der Waals surface area contributed by atoms with E-state index in [0.717, 1.165) is 0 Å². The van der Waals surface area contributed by atoms with Crippen LogP contribution in [0.2, 0.25) is 0 Å². The predicted octanol–water partition coefficient (Wildman–Crippen LogP) is 0.611. The first-order valence-electron chi connectivity index (χ1n) is 5.44. The zero-order valence-electron chi connectivity index (χ0n) is 10.1. The van der Waals surface area contributed by atoms with Crippen LogP contribution < -0.4 is 16.4 Å². The average molecular weight is 292 g/mol. The molecule has 0 aliphatic heterocycles. The molecule has 0 aromatic carbocycles. The van der Waals surface area contributed by atoms with Gasteiger partial charge in [-0.3, -0.25) is 9.59 Å². The van der Waals surface area contributed by atoms with Crippen LogP contribution in [0.25, 0.3) is 0 Å². The number of rotatable bonds is 6. The maximum absolute atomic E-state index is 11.5. The third-order valence-electron chi connectivity index (χ3n) is 2.26. The summed E-state index contributed by atoms with van der Waals surface area (Å²) in [5.74, 6) is -0.387. The summed E-state index contributed by atoms with van der Waals surface area (Å²) in [6.07, 6.45) is 0. The molecule has 18 heavy (non-hydrogen) atoms. The van der Waals surface area contributed by atoms with Gasteiger partial charge in [0.1, 0.15) is 0 Å². The van der Waals surface area contributed by atoms with Gasteiger partial charge in [-0.15, -0.1) is 23.7 Å². The molecule has 0 saturated carbocycles. The lowest BCUT2D eigenvalue weighted by atomic mass is 10.2. The Morgan fingerprint density at radius 3 is 2.61 bits per heavy atom. The van der Waals surface area contributed by atoms with Gasteiger partial charge in [-0.1, -0.05) is 13.0 Å². The molecule has 0 fully saturated rings. The maximum Gasteiger partial charge on any atom is 0.261 e. The molecule has 1 aromatic heterocycles. The second-order valence-corrected chi connectivity index (χ2v) is 4.61. The second kappa shape index (κ2) is 8.91. The minimum Gasteiger partial charge on any atom is -0.354 e. The molecule has 0 aliphatic carbocycles. The fraction of sp³-hybridized carbons (Fsp3) is 0.455. The molecule has 1 unspecified atom stereocenters. The zero-order valence-corrected chi connectivity index (χ0v) is 11.8. The number of hydrogen-bond donors (Lipinski definition) is 3. The van der Waals surface area contributed by atoms with Gasteiger partial charge in [0.15, 0.2) is 0 Å². The highest BCUT2D eigenvalue weighted by Gasteiger charge is 2.10. The quantitative estimate of drug-likeness (QED) is 0.672. The molecule has 1 heterocycles. The summed E-state index contributed by atoms with van der Waals surface area (Å²) in [4.78, 5) is 23.5. The molecule has 0 radical (unpaired) electrons. The van der Waals surface area contributed by atoms with Gasteiger partial charge in [0, 0.05) is 25.6 Å². The van der Waals surface area contributed by atoms with Gasteiger partial charge < -0.3 is 16.4 Å². The third kappa shape index (κ3) is 5.48. The number of carbonyl (C=O) groups excluding carboxylic acids is 2. The number of amides is 2. The Morgan fingerprint density at radius 1 is 1.39 bits per heavy atom. The summed E-state index contributed by atoms with van der Waals surface area (Å²) in [7, 11) is 0. The molecule has 0 spiro atoms. The molecule has 0 bridgehead atoms. The first kappa shape index (κ1) is 16.9. The van der Waals surface area contributed by atoms with E-state index in [1.807, 2.05) is 11.4 Å². The zero-order chi connectivity index (χ0) is 12.7. The molecule has 1 atom stereocenters. The van der Waals surface area contributed by atoms with E-state index in [2.05, 4.69) is 10.6 Å². The fourth-order valence-electron chi connectivity index (χ4n) is 1.14. The van der Waals surface area contributed by atoms with E-state index in [4.69, 9.17) is 5.73 Å². The molecule has 7 heteroatoms. The van der Waals surface area contributed by atoms with E-state index in [9.17, 15) is 9.59 Å². The van der Waals surface area contributed by atoms with Crippen LogP contribution in [-0.2, 0) is 4.79 Å². The largest absolute Gasteiger partial charge is 0.354 e. The summed E-state index contributed by atoms with van der Waals surface area (Å²) in [5.41, 5.74) is 5.36. The van der Waals surface area contributed by atoms with Gasteiger partial charge in [-0.2, -0.15) is 0 Å².